The van der Waals surface area contributed by atoms with E-state index in [-0.39, 0.29) is 5.82 Å². The zero-order valence-electron chi connectivity index (χ0n) is 8.68. The predicted octanol–water partition coefficient (Wildman–Crippen LogP) is 3.47. The minimum absolute atomic E-state index is 0.268. The second-order valence-corrected chi connectivity index (χ2v) is 4.31. The van der Waals surface area contributed by atoms with Gasteiger partial charge in [-0.15, -0.1) is 11.3 Å². The van der Waals surface area contributed by atoms with Crippen LogP contribution in [0.3, 0.4) is 0 Å². The van der Waals surface area contributed by atoms with Crippen molar-refractivity contribution in [3.05, 3.63) is 46.4 Å². The van der Waals surface area contributed by atoms with Crippen LogP contribution in [0.25, 0.3) is 0 Å². The molecule has 0 saturated carbocycles. The number of hydrogen-bond acceptors (Lipinski definition) is 3. The van der Waals surface area contributed by atoms with E-state index in [0.29, 0.717) is 4.88 Å². The van der Waals surface area contributed by atoms with Gasteiger partial charge in [0.2, 0.25) is 0 Å². The van der Waals surface area contributed by atoms with Gasteiger partial charge in [0.1, 0.15) is 5.82 Å². The van der Waals surface area contributed by atoms with Crippen LogP contribution in [-0.4, -0.2) is 13.3 Å². The van der Waals surface area contributed by atoms with E-state index in [1.807, 2.05) is 23.4 Å². The van der Waals surface area contributed by atoms with Crippen LogP contribution in [0.15, 0.2) is 35.7 Å². The van der Waals surface area contributed by atoms with Crippen LogP contribution in [0.1, 0.15) is 9.67 Å². The Kier molecular flexibility index (Phi) is 3.01. The predicted molar refractivity (Wildman–Crippen MR) is 64.2 cm³/mol. The van der Waals surface area contributed by atoms with Crippen molar-refractivity contribution in [3.63, 3.8) is 0 Å². The van der Waals surface area contributed by atoms with Crippen LogP contribution < -0.4 is 4.90 Å². The van der Waals surface area contributed by atoms with Crippen molar-refractivity contribution in [2.24, 2.45) is 0 Å². The Labute approximate surface area is 96.9 Å². The standard InChI is InChI=1S/C12H10FNOS/c1-14(10-4-2-3-9(13)5-10)11-6-12(7-15)16-8-11/h2-8H,1H3. The van der Waals surface area contributed by atoms with Crippen molar-refractivity contribution in [1.82, 2.24) is 0 Å². The molecular formula is C12H10FNOS. The number of thiophene rings is 1. The maximum atomic E-state index is 13.0. The lowest BCUT2D eigenvalue weighted by molar-refractivity contribution is 0.112. The maximum Gasteiger partial charge on any atom is 0.160 e. The van der Waals surface area contributed by atoms with Crippen LogP contribution in [0.2, 0.25) is 0 Å². The summed E-state index contributed by atoms with van der Waals surface area (Å²) in [7, 11) is 1.84. The molecule has 16 heavy (non-hydrogen) atoms. The minimum atomic E-state index is -0.268. The molecule has 2 aromatic rings. The lowest BCUT2D eigenvalue weighted by atomic mass is 10.2. The summed E-state index contributed by atoms with van der Waals surface area (Å²) in [4.78, 5) is 13.1. The number of carbonyl (C=O) groups is 1. The molecule has 0 saturated heterocycles. The van der Waals surface area contributed by atoms with E-state index in [0.717, 1.165) is 17.7 Å². The fraction of sp³-hybridized carbons (Fsp3) is 0.0833. The van der Waals surface area contributed by atoms with E-state index in [4.69, 9.17) is 0 Å². The number of rotatable bonds is 3. The maximum absolute atomic E-state index is 13.0. The molecule has 1 heterocycles. The zero-order chi connectivity index (χ0) is 11.5. The van der Waals surface area contributed by atoms with E-state index in [2.05, 4.69) is 0 Å². The molecule has 4 heteroatoms. The van der Waals surface area contributed by atoms with Crippen molar-refractivity contribution >= 4 is 29.0 Å². The first-order chi connectivity index (χ1) is 7.70. The molecule has 0 amide bonds. The van der Waals surface area contributed by atoms with Gasteiger partial charge in [0.25, 0.3) is 0 Å². The van der Waals surface area contributed by atoms with E-state index in [9.17, 15) is 9.18 Å². The summed E-state index contributed by atoms with van der Waals surface area (Å²) >= 11 is 1.37. The summed E-state index contributed by atoms with van der Waals surface area (Å²) in [5.41, 5.74) is 1.65. The van der Waals surface area contributed by atoms with Crippen LogP contribution >= 0.6 is 11.3 Å². The summed E-state index contributed by atoms with van der Waals surface area (Å²) in [5.74, 6) is -0.268. The van der Waals surface area contributed by atoms with E-state index in [1.54, 1.807) is 12.1 Å². The number of nitrogens with zero attached hydrogens (tertiary/aromatic N) is 1. The Balaban J connectivity index is 2.31. The lowest BCUT2D eigenvalue weighted by Crippen LogP contribution is -2.08. The van der Waals surface area contributed by atoms with E-state index in [1.165, 1.54) is 23.5 Å². The molecule has 0 spiro atoms. The van der Waals surface area contributed by atoms with Gasteiger partial charge in [-0.05, 0) is 24.3 Å². The Morgan fingerprint density at radius 1 is 1.31 bits per heavy atom. The van der Waals surface area contributed by atoms with Crippen LogP contribution in [0.4, 0.5) is 15.8 Å². The molecule has 0 N–H and O–H groups in total. The highest BCUT2D eigenvalue weighted by atomic mass is 32.1. The first-order valence-electron chi connectivity index (χ1n) is 4.74. The molecular weight excluding hydrogens is 225 g/mol. The molecule has 2 rings (SSSR count). The first-order valence-corrected chi connectivity index (χ1v) is 5.61. The van der Waals surface area contributed by atoms with Crippen molar-refractivity contribution in [2.75, 3.05) is 11.9 Å². The smallest absolute Gasteiger partial charge is 0.160 e. The van der Waals surface area contributed by atoms with Gasteiger partial charge in [0.15, 0.2) is 6.29 Å². The number of halogens is 1. The molecule has 0 aliphatic carbocycles. The second-order valence-electron chi connectivity index (χ2n) is 3.36. The second kappa shape index (κ2) is 4.45. The highest BCUT2D eigenvalue weighted by molar-refractivity contribution is 7.12. The normalized spacial score (nSPS) is 10.1. The largest absolute Gasteiger partial charge is 0.344 e. The summed E-state index contributed by atoms with van der Waals surface area (Å²) in [6.45, 7) is 0. The Hall–Kier alpha value is -1.68. The highest BCUT2D eigenvalue weighted by Crippen LogP contribution is 2.27. The fourth-order valence-corrected chi connectivity index (χ4v) is 2.14. The Morgan fingerprint density at radius 2 is 2.12 bits per heavy atom. The van der Waals surface area contributed by atoms with Crippen molar-refractivity contribution in [2.45, 2.75) is 0 Å². The molecule has 2 nitrogen and oxygen atoms in total. The van der Waals surface area contributed by atoms with Gasteiger partial charge < -0.3 is 4.90 Å². The SMILES string of the molecule is CN(c1cccc(F)c1)c1csc(C=O)c1. The third-order valence-electron chi connectivity index (χ3n) is 2.30. The molecule has 0 bridgehead atoms. The summed E-state index contributed by atoms with van der Waals surface area (Å²) in [5, 5.41) is 1.87. The third kappa shape index (κ3) is 2.12. The molecule has 0 radical (unpaired) electrons. The molecule has 0 aliphatic rings. The number of aldehydes is 1. The molecule has 0 atom stereocenters. The molecule has 0 aliphatic heterocycles. The van der Waals surface area contributed by atoms with Crippen LogP contribution in [0.5, 0.6) is 0 Å². The summed E-state index contributed by atoms with van der Waals surface area (Å²) in [6, 6.07) is 8.12. The average molecular weight is 235 g/mol. The van der Waals surface area contributed by atoms with E-state index < -0.39 is 0 Å². The minimum Gasteiger partial charge on any atom is -0.344 e. The number of anilines is 2. The first kappa shape index (κ1) is 10.8. The molecule has 82 valence electrons. The number of carbonyl (C=O) groups excluding carboxylic acids is 1. The van der Waals surface area contributed by atoms with Gasteiger partial charge in [0, 0.05) is 18.1 Å². The topological polar surface area (TPSA) is 20.3 Å². The van der Waals surface area contributed by atoms with Crippen LogP contribution in [-0.2, 0) is 0 Å². The monoisotopic (exact) mass is 235 g/mol. The third-order valence-corrected chi connectivity index (χ3v) is 3.15. The number of benzene rings is 1. The summed E-state index contributed by atoms with van der Waals surface area (Å²) < 4.78 is 13.0. The van der Waals surface area contributed by atoms with Crippen molar-refractivity contribution in [3.8, 4) is 0 Å². The quantitative estimate of drug-likeness (QED) is 0.759. The number of hydrogen-bond donors (Lipinski definition) is 0. The van der Waals surface area contributed by atoms with Gasteiger partial charge >= 0.3 is 0 Å². The van der Waals surface area contributed by atoms with E-state index >= 15 is 0 Å². The van der Waals surface area contributed by atoms with Crippen molar-refractivity contribution in [1.29, 1.82) is 0 Å². The molecule has 0 unspecified atom stereocenters. The van der Waals surface area contributed by atoms with Gasteiger partial charge in [-0.1, -0.05) is 6.07 Å². The fourth-order valence-electron chi connectivity index (χ4n) is 1.41. The van der Waals surface area contributed by atoms with Gasteiger partial charge in [-0.2, -0.15) is 0 Å². The van der Waals surface area contributed by atoms with Gasteiger partial charge in [0.05, 0.1) is 10.6 Å². The highest BCUT2D eigenvalue weighted by Gasteiger charge is 2.07. The average Bonchev–Trinajstić information content (AvgIpc) is 2.76. The molecule has 1 aromatic carbocycles. The zero-order valence-corrected chi connectivity index (χ0v) is 9.50. The Morgan fingerprint density at radius 3 is 2.75 bits per heavy atom. The van der Waals surface area contributed by atoms with Gasteiger partial charge in [-0.25, -0.2) is 4.39 Å². The lowest BCUT2D eigenvalue weighted by Gasteiger charge is -2.17. The molecule has 1 aromatic heterocycles. The summed E-state index contributed by atoms with van der Waals surface area (Å²) in [6.07, 6.45) is 0.813. The van der Waals surface area contributed by atoms with Gasteiger partial charge in [-0.3, -0.25) is 4.79 Å². The Bertz CT molecular complexity index is 509. The molecule has 0 fully saturated rings. The van der Waals surface area contributed by atoms with Crippen molar-refractivity contribution < 1.29 is 9.18 Å². The van der Waals surface area contributed by atoms with Crippen LogP contribution in [0, 0.1) is 5.82 Å².